The van der Waals surface area contributed by atoms with Crippen LogP contribution >= 0.6 is 11.6 Å². The van der Waals surface area contributed by atoms with Crippen LogP contribution in [-0.4, -0.2) is 45.1 Å². The van der Waals surface area contributed by atoms with E-state index in [4.69, 9.17) is 11.6 Å². The Kier molecular flexibility index (Phi) is 9.30. The van der Waals surface area contributed by atoms with Crippen molar-refractivity contribution in [2.75, 3.05) is 7.05 Å². The first-order valence-electron chi connectivity index (χ1n) is 14.3. The van der Waals surface area contributed by atoms with Crippen molar-refractivity contribution in [3.05, 3.63) is 121 Å². The van der Waals surface area contributed by atoms with Gasteiger partial charge in [-0.1, -0.05) is 23.7 Å². The van der Waals surface area contributed by atoms with Gasteiger partial charge in [0.25, 0.3) is 23.8 Å². The molecule has 0 saturated heterocycles. The summed E-state index contributed by atoms with van der Waals surface area (Å²) in [4.78, 5) is 50.3. The van der Waals surface area contributed by atoms with Gasteiger partial charge in [-0.3, -0.25) is 14.4 Å². The lowest BCUT2D eigenvalue weighted by molar-refractivity contribution is -0.137. The smallest absolute Gasteiger partial charge is 0.355 e. The number of carbonyl (C=O) groups excluding carboxylic acids is 2. The number of hydrogen-bond donors (Lipinski definition) is 1. The molecule has 4 aromatic rings. The van der Waals surface area contributed by atoms with Crippen LogP contribution in [0.1, 0.15) is 68.9 Å². The molecule has 0 aliphatic carbocycles. The Bertz CT molecular complexity index is 1940. The lowest BCUT2D eigenvalue weighted by Crippen LogP contribution is -2.45. The molecule has 244 valence electrons. The maximum atomic E-state index is 14.1. The van der Waals surface area contributed by atoms with Crippen molar-refractivity contribution >= 4 is 35.1 Å². The Morgan fingerprint density at radius 1 is 1.00 bits per heavy atom. The third-order valence-electron chi connectivity index (χ3n) is 7.85. The van der Waals surface area contributed by atoms with Crippen LogP contribution < -0.4 is 10.9 Å². The number of alkyl halides is 5. The van der Waals surface area contributed by atoms with E-state index in [9.17, 15) is 36.3 Å². The number of aromatic nitrogens is 2. The lowest BCUT2D eigenvalue weighted by Gasteiger charge is -2.34. The lowest BCUT2D eigenvalue weighted by atomic mass is 9.98. The van der Waals surface area contributed by atoms with Crippen molar-refractivity contribution in [2.24, 2.45) is 4.99 Å². The highest BCUT2D eigenvalue weighted by Crippen LogP contribution is 2.31. The second kappa shape index (κ2) is 13.1. The molecule has 2 heterocycles. The van der Waals surface area contributed by atoms with E-state index in [1.54, 1.807) is 13.8 Å². The Labute approximate surface area is 270 Å². The Morgan fingerprint density at radius 2 is 1.62 bits per heavy atom. The number of nitrogens with zero attached hydrogens (tertiary/aromatic N) is 4. The molecule has 1 aliphatic heterocycles. The van der Waals surface area contributed by atoms with Crippen molar-refractivity contribution in [3.8, 4) is 5.69 Å². The Hall–Kier alpha value is -4.91. The van der Waals surface area contributed by atoms with Gasteiger partial charge in [0.2, 0.25) is 5.95 Å². The number of fused-ring (bicyclic) bond motifs is 1. The van der Waals surface area contributed by atoms with Crippen molar-refractivity contribution in [1.82, 2.24) is 19.8 Å². The van der Waals surface area contributed by atoms with Crippen LogP contribution in [-0.2, 0) is 19.1 Å². The average molecular weight is 672 g/mol. The summed E-state index contributed by atoms with van der Waals surface area (Å²) in [6.07, 6.45) is -7.34. The number of nitrogens with one attached hydrogen (secondary N) is 1. The third kappa shape index (κ3) is 6.80. The number of carbonyl (C=O) groups is 2. The summed E-state index contributed by atoms with van der Waals surface area (Å²) >= 11 is 5.89. The summed E-state index contributed by atoms with van der Waals surface area (Å²) in [6.45, 7) is 3.12. The van der Waals surface area contributed by atoms with Crippen LogP contribution in [0.5, 0.6) is 0 Å². The van der Waals surface area contributed by atoms with E-state index >= 15 is 0 Å². The Balaban J connectivity index is 1.61. The predicted molar refractivity (Wildman–Crippen MR) is 166 cm³/mol. The van der Waals surface area contributed by atoms with Crippen LogP contribution in [0.3, 0.4) is 0 Å². The maximum Gasteiger partial charge on any atom is 0.416 e. The minimum absolute atomic E-state index is 0.0130. The molecule has 0 fully saturated rings. The number of halogens is 6. The molecule has 3 aromatic carbocycles. The summed E-state index contributed by atoms with van der Waals surface area (Å²) in [7, 11) is 1.48. The highest BCUT2D eigenvalue weighted by Gasteiger charge is 2.33. The zero-order valence-electron chi connectivity index (χ0n) is 25.2. The molecule has 14 heteroatoms. The van der Waals surface area contributed by atoms with Crippen molar-refractivity contribution in [2.45, 2.75) is 45.5 Å². The third-order valence-corrected chi connectivity index (χ3v) is 8.19. The maximum absolute atomic E-state index is 14.1. The second-order valence-corrected chi connectivity index (χ2v) is 11.3. The summed E-state index contributed by atoms with van der Waals surface area (Å²) in [6, 6.07) is 13.5. The van der Waals surface area contributed by atoms with Crippen LogP contribution in [0, 0.1) is 0 Å². The second-order valence-electron chi connectivity index (χ2n) is 10.9. The van der Waals surface area contributed by atoms with Gasteiger partial charge >= 0.3 is 6.18 Å². The largest absolute Gasteiger partial charge is 0.416 e. The molecule has 0 unspecified atom stereocenters. The molecule has 0 spiro atoms. The summed E-state index contributed by atoms with van der Waals surface area (Å²) in [5, 5.41) is 2.34. The minimum atomic E-state index is -4.53. The minimum Gasteiger partial charge on any atom is -0.355 e. The molecule has 0 radical (unpaired) electrons. The molecular formula is C33H27ClF5N5O3. The number of hydrogen-bond acceptors (Lipinski definition) is 5. The molecule has 8 nitrogen and oxygen atoms in total. The molecular weight excluding hydrogens is 645 g/mol. The van der Waals surface area contributed by atoms with Gasteiger partial charge in [0.15, 0.2) is 0 Å². The molecule has 5 rings (SSSR count). The van der Waals surface area contributed by atoms with Crippen molar-refractivity contribution < 1.29 is 31.5 Å². The highest BCUT2D eigenvalue weighted by molar-refractivity contribution is 6.31. The zero-order chi connectivity index (χ0) is 34.2. The molecule has 47 heavy (non-hydrogen) atoms. The van der Waals surface area contributed by atoms with Gasteiger partial charge in [-0.15, -0.1) is 0 Å². The summed E-state index contributed by atoms with van der Waals surface area (Å²) in [5.41, 5.74) is -0.0589. The van der Waals surface area contributed by atoms with Crippen LogP contribution in [0.15, 0.2) is 76.5 Å². The fourth-order valence-corrected chi connectivity index (χ4v) is 5.46. The summed E-state index contributed by atoms with van der Waals surface area (Å²) < 4.78 is 67.6. The number of amides is 2. The van der Waals surface area contributed by atoms with Gasteiger partial charge in [0.1, 0.15) is 0 Å². The Morgan fingerprint density at radius 3 is 2.21 bits per heavy atom. The number of rotatable bonds is 6. The van der Waals surface area contributed by atoms with E-state index in [1.807, 2.05) is 0 Å². The van der Waals surface area contributed by atoms with E-state index in [1.165, 1.54) is 65.0 Å². The topological polar surface area (TPSA) is 96.7 Å². The molecule has 2 amide bonds. The fraction of sp³-hybridized carbons (Fsp3) is 0.242. The van der Waals surface area contributed by atoms with Crippen molar-refractivity contribution in [3.63, 3.8) is 0 Å². The van der Waals surface area contributed by atoms with E-state index in [-0.39, 0.29) is 46.8 Å². The molecule has 0 saturated carbocycles. The molecule has 1 N–H and O–H groups in total. The highest BCUT2D eigenvalue weighted by atomic mass is 35.5. The normalized spacial score (nSPS) is 15.1. The quantitative estimate of drug-likeness (QED) is 0.178. The van der Waals surface area contributed by atoms with Crippen LogP contribution in [0.4, 0.5) is 27.9 Å². The fourth-order valence-electron chi connectivity index (χ4n) is 5.26. The monoisotopic (exact) mass is 671 g/mol. The predicted octanol–water partition coefficient (Wildman–Crippen LogP) is 6.93. The summed E-state index contributed by atoms with van der Waals surface area (Å²) in [5.74, 6) is -1.03. The van der Waals surface area contributed by atoms with E-state index in [2.05, 4.69) is 15.3 Å². The van der Waals surface area contributed by atoms with E-state index < -0.39 is 41.2 Å². The van der Waals surface area contributed by atoms with Gasteiger partial charge in [0, 0.05) is 46.1 Å². The molecule has 1 atom stereocenters. The molecule has 0 bridgehead atoms. The first-order chi connectivity index (χ1) is 22.2. The average Bonchev–Trinajstić information content (AvgIpc) is 3.04. The van der Waals surface area contributed by atoms with Crippen LogP contribution in [0.2, 0.25) is 5.02 Å². The van der Waals surface area contributed by atoms with E-state index in [0.29, 0.717) is 22.4 Å². The first-order valence-corrected chi connectivity index (χ1v) is 14.7. The van der Waals surface area contributed by atoms with Gasteiger partial charge in [-0.05, 0) is 80.4 Å². The van der Waals surface area contributed by atoms with Gasteiger partial charge in [-0.2, -0.15) is 13.2 Å². The SMILES string of the molecule is CNC(=O)c1ccc(-n2c(/N=C(\C)c3ccc(C(F)(F)F)cc3)nc3c(c2=O)C[C@@H](C)N(C(=O)c2ccc(Cl)c(C(F)F)c2)C3)cc1. The number of benzene rings is 3. The van der Waals surface area contributed by atoms with Crippen LogP contribution in [0.25, 0.3) is 5.69 Å². The van der Waals surface area contributed by atoms with Gasteiger partial charge in [-0.25, -0.2) is 23.3 Å². The standard InChI is InChI=1S/C33H27ClF5N5O3/c1-17-14-25-27(16-43(17)30(46)21-8-13-26(34)24(15-21)28(35)36)42-32(41-18(2)19-4-9-22(10-5-19)33(37,38)39)44(31(25)47)23-11-6-20(7-12-23)29(45)40-3/h4-13,15,17,28H,14,16H2,1-3H3,(H,40,45)/b41-18+/t17-/m1/s1. The zero-order valence-corrected chi connectivity index (χ0v) is 26.0. The first kappa shape index (κ1) is 33.5. The molecule has 1 aromatic heterocycles. The number of aliphatic imine (C=N–C) groups is 1. The van der Waals surface area contributed by atoms with Gasteiger partial charge in [0.05, 0.1) is 23.5 Å². The van der Waals surface area contributed by atoms with Gasteiger partial charge < -0.3 is 10.2 Å². The van der Waals surface area contributed by atoms with E-state index in [0.717, 1.165) is 18.2 Å². The molecule has 1 aliphatic rings. The van der Waals surface area contributed by atoms with Crippen molar-refractivity contribution in [1.29, 1.82) is 0 Å².